The van der Waals surface area contributed by atoms with E-state index in [4.69, 9.17) is 9.47 Å². The number of esters is 1. The molecule has 0 heterocycles. The molecule has 0 atom stereocenters. The van der Waals surface area contributed by atoms with Crippen molar-refractivity contribution in [3.63, 3.8) is 0 Å². The van der Waals surface area contributed by atoms with Crippen molar-refractivity contribution in [2.24, 2.45) is 0 Å². The van der Waals surface area contributed by atoms with Gasteiger partial charge in [-0.1, -0.05) is 188 Å². The Morgan fingerprint density at radius 2 is 0.773 bits per heavy atom. The Bertz CT molecular complexity index is 509. The van der Waals surface area contributed by atoms with Gasteiger partial charge in [0.2, 0.25) is 0 Å². The van der Waals surface area contributed by atoms with E-state index in [1.54, 1.807) is 0 Å². The molecule has 4 nitrogen and oxygen atoms in total. The van der Waals surface area contributed by atoms with Crippen LogP contribution in [0.5, 0.6) is 0 Å². The van der Waals surface area contributed by atoms with E-state index < -0.39 is 0 Å². The fraction of sp³-hybridized carbons (Fsp3) is 0.975. The average Bonchev–Trinajstić information content (AvgIpc) is 3.04. The Kier molecular flexibility index (Phi) is 43.8. The smallest absolute Gasteiger partial charge is 0.305 e. The minimum atomic E-state index is -0.0761. The van der Waals surface area contributed by atoms with Crippen molar-refractivity contribution in [2.45, 2.75) is 214 Å². The molecule has 266 valence electrons. The van der Waals surface area contributed by atoms with E-state index in [9.17, 15) is 4.79 Å². The summed E-state index contributed by atoms with van der Waals surface area (Å²) in [5, 5.41) is 0. The normalized spacial score (nSPS) is 11.1. The lowest BCUT2D eigenvalue weighted by molar-refractivity contribution is -0.145. The Morgan fingerprint density at radius 1 is 0.432 bits per heavy atom. The Morgan fingerprint density at radius 3 is 1.11 bits per heavy atom. The molecule has 0 unspecified atom stereocenters. The molecule has 0 saturated heterocycles. The largest absolute Gasteiger partial charge is 0.463 e. The molecular weight excluding hydrogens is 542 g/mol. The second-order valence-electron chi connectivity index (χ2n) is 13.0. The molecule has 0 rings (SSSR count). The zero-order valence-electron chi connectivity index (χ0n) is 31.2. The molecule has 0 aromatic carbocycles. The first kappa shape index (κ1) is 45.5. The van der Waals surface area contributed by atoms with Crippen molar-refractivity contribution in [1.82, 2.24) is 4.90 Å². The van der Waals surface area contributed by atoms with E-state index >= 15 is 0 Å². The maximum Gasteiger partial charge on any atom is 0.305 e. The second kappa shape index (κ2) is 42.4. The first-order valence-electron chi connectivity index (χ1n) is 20.1. The van der Waals surface area contributed by atoms with Crippen molar-refractivity contribution in [2.75, 3.05) is 39.5 Å². The van der Waals surface area contributed by atoms with Gasteiger partial charge in [0, 0.05) is 13.0 Å². The molecule has 0 aromatic rings. The van der Waals surface area contributed by atoms with E-state index in [1.165, 1.54) is 180 Å². The van der Waals surface area contributed by atoms with Crippen molar-refractivity contribution in [3.05, 3.63) is 0 Å². The van der Waals surface area contributed by atoms with Crippen LogP contribution in [0.3, 0.4) is 0 Å². The van der Waals surface area contributed by atoms with Crippen LogP contribution >= 0.6 is 0 Å². The average molecular weight is 626 g/mol. The number of ether oxygens (including phenoxy) is 2. The molecule has 44 heavy (non-hydrogen) atoms. The van der Waals surface area contributed by atoms with Gasteiger partial charge in [0.25, 0.3) is 0 Å². The van der Waals surface area contributed by atoms with Gasteiger partial charge in [-0.3, -0.25) is 4.79 Å². The summed E-state index contributed by atoms with van der Waals surface area (Å²) in [7, 11) is 0. The van der Waals surface area contributed by atoms with Gasteiger partial charge >= 0.3 is 5.97 Å². The highest BCUT2D eigenvalue weighted by Crippen LogP contribution is 2.14. The molecule has 0 aromatic heterocycles. The number of unbranched alkanes of at least 4 members (excludes halogenated alkanes) is 25. The van der Waals surface area contributed by atoms with Gasteiger partial charge in [-0.05, 0) is 39.4 Å². The van der Waals surface area contributed by atoms with Gasteiger partial charge in [-0.15, -0.1) is 0 Å². The Hall–Kier alpha value is -0.610. The molecule has 0 spiro atoms. The molecule has 0 radical (unpaired) electrons. The number of carbonyl (C=O) groups is 1. The highest BCUT2D eigenvalue weighted by Gasteiger charge is 2.02. The van der Waals surface area contributed by atoms with Crippen molar-refractivity contribution >= 4 is 5.97 Å². The van der Waals surface area contributed by atoms with Crippen LogP contribution in [0, 0.1) is 0 Å². The topological polar surface area (TPSA) is 38.8 Å². The highest BCUT2D eigenvalue weighted by atomic mass is 16.6. The summed E-state index contributed by atoms with van der Waals surface area (Å²) in [5.41, 5.74) is 0. The highest BCUT2D eigenvalue weighted by molar-refractivity contribution is 5.69. The van der Waals surface area contributed by atoms with Crippen molar-refractivity contribution < 1.29 is 14.3 Å². The standard InChI is InChI=1S/C20H43N.C20H40O3/c1-4-7-8-9-10-11-12-13-14-15-16-17-18-19-20-21(5-2)6-3;1-3-5-6-7-8-9-10-11-12-13-14-15-16-17-20(21)23-19-18-22-4-2/h4-20H2,1-3H3;3-19H2,1-2H3. The van der Waals surface area contributed by atoms with Gasteiger partial charge < -0.3 is 14.4 Å². The summed E-state index contributed by atoms with van der Waals surface area (Å²) in [6.45, 7) is 16.4. The van der Waals surface area contributed by atoms with Gasteiger partial charge in [0.15, 0.2) is 0 Å². The zero-order valence-corrected chi connectivity index (χ0v) is 31.2. The summed E-state index contributed by atoms with van der Waals surface area (Å²) in [4.78, 5) is 14.0. The predicted molar refractivity (Wildman–Crippen MR) is 196 cm³/mol. The minimum absolute atomic E-state index is 0.0761. The first-order valence-corrected chi connectivity index (χ1v) is 20.1. The summed E-state index contributed by atoms with van der Waals surface area (Å²) in [6.07, 6.45) is 38.2. The summed E-state index contributed by atoms with van der Waals surface area (Å²) in [6, 6.07) is 0. The van der Waals surface area contributed by atoms with Gasteiger partial charge in [-0.2, -0.15) is 0 Å². The lowest BCUT2D eigenvalue weighted by atomic mass is 10.0. The summed E-state index contributed by atoms with van der Waals surface area (Å²) in [5.74, 6) is -0.0761. The maximum atomic E-state index is 11.4. The zero-order chi connectivity index (χ0) is 32.6. The lowest BCUT2D eigenvalue weighted by Gasteiger charge is -2.17. The molecule has 0 bridgehead atoms. The quantitative estimate of drug-likeness (QED) is 0.0519. The molecule has 0 N–H and O–H groups in total. The van der Waals surface area contributed by atoms with Crippen LogP contribution in [-0.2, 0) is 14.3 Å². The number of hydrogen-bond acceptors (Lipinski definition) is 4. The van der Waals surface area contributed by atoms with E-state index in [0.29, 0.717) is 26.2 Å². The van der Waals surface area contributed by atoms with Crippen molar-refractivity contribution in [1.29, 1.82) is 0 Å². The molecule has 4 heteroatoms. The lowest BCUT2D eigenvalue weighted by Crippen LogP contribution is -2.23. The molecule has 0 fully saturated rings. The first-order chi connectivity index (χ1) is 21.7. The van der Waals surface area contributed by atoms with Crippen LogP contribution in [0.15, 0.2) is 0 Å². The number of carbonyl (C=O) groups excluding carboxylic acids is 1. The van der Waals surface area contributed by atoms with E-state index in [-0.39, 0.29) is 5.97 Å². The predicted octanol–water partition coefficient (Wildman–Crippen LogP) is 12.9. The van der Waals surface area contributed by atoms with Gasteiger partial charge in [0.1, 0.15) is 6.61 Å². The number of hydrogen-bond donors (Lipinski definition) is 0. The summed E-state index contributed by atoms with van der Waals surface area (Å²) >= 11 is 0. The summed E-state index contributed by atoms with van der Waals surface area (Å²) < 4.78 is 10.2. The second-order valence-corrected chi connectivity index (χ2v) is 13.0. The van der Waals surface area contributed by atoms with Crippen LogP contribution < -0.4 is 0 Å². The van der Waals surface area contributed by atoms with E-state index in [0.717, 1.165) is 12.8 Å². The fourth-order valence-electron chi connectivity index (χ4n) is 5.79. The minimum Gasteiger partial charge on any atom is -0.463 e. The van der Waals surface area contributed by atoms with Crippen LogP contribution in [-0.4, -0.2) is 50.3 Å². The van der Waals surface area contributed by atoms with Crippen LogP contribution in [0.2, 0.25) is 0 Å². The van der Waals surface area contributed by atoms with Gasteiger partial charge in [0.05, 0.1) is 6.61 Å². The van der Waals surface area contributed by atoms with Crippen LogP contribution in [0.25, 0.3) is 0 Å². The fourth-order valence-corrected chi connectivity index (χ4v) is 5.79. The Balaban J connectivity index is 0. The maximum absolute atomic E-state index is 11.4. The third-order valence-corrected chi connectivity index (χ3v) is 8.90. The molecule has 0 amide bonds. The Labute approximate surface area is 278 Å². The number of nitrogens with zero attached hydrogens (tertiary/aromatic N) is 1. The van der Waals surface area contributed by atoms with Crippen LogP contribution in [0.1, 0.15) is 214 Å². The van der Waals surface area contributed by atoms with Crippen LogP contribution in [0.4, 0.5) is 0 Å². The van der Waals surface area contributed by atoms with Gasteiger partial charge in [-0.25, -0.2) is 0 Å². The SMILES string of the molecule is CCCCCCCCCCCCCCCC(=O)OCCOCC.CCCCCCCCCCCCCCCCN(CC)CC. The van der Waals surface area contributed by atoms with E-state index in [2.05, 4.69) is 32.6 Å². The molecule has 0 aliphatic carbocycles. The third-order valence-electron chi connectivity index (χ3n) is 8.90. The van der Waals surface area contributed by atoms with Crippen molar-refractivity contribution in [3.8, 4) is 0 Å². The van der Waals surface area contributed by atoms with E-state index in [1.807, 2.05) is 6.92 Å². The number of rotatable bonds is 35. The molecule has 0 saturated carbocycles. The molecule has 0 aliphatic rings. The molecular formula is C40H83NO3. The monoisotopic (exact) mass is 626 g/mol. The molecule has 0 aliphatic heterocycles. The third kappa shape index (κ3) is 41.4.